The van der Waals surface area contributed by atoms with E-state index in [-0.39, 0.29) is 18.4 Å². The Kier molecular flexibility index (Phi) is 7.05. The molecule has 2 amide bonds. The van der Waals surface area contributed by atoms with Crippen LogP contribution in [-0.2, 0) is 4.79 Å². The zero-order chi connectivity index (χ0) is 14.3. The molecule has 0 aliphatic carbocycles. The molecule has 0 saturated carbocycles. The number of piperidine rings is 1. The predicted molar refractivity (Wildman–Crippen MR) is 77.5 cm³/mol. The summed E-state index contributed by atoms with van der Waals surface area (Å²) in [5, 5.41) is 12.2. The van der Waals surface area contributed by atoms with E-state index in [4.69, 9.17) is 5.11 Å². The van der Waals surface area contributed by atoms with E-state index < -0.39 is 5.97 Å². The van der Waals surface area contributed by atoms with E-state index in [0.29, 0.717) is 24.9 Å². The lowest BCUT2D eigenvalue weighted by atomic mass is 9.94. The lowest BCUT2D eigenvalue weighted by molar-refractivity contribution is -0.138. The lowest BCUT2D eigenvalue weighted by Gasteiger charge is -2.31. The molecule has 0 bridgehead atoms. The van der Waals surface area contributed by atoms with Gasteiger partial charge in [0.1, 0.15) is 0 Å². The van der Waals surface area contributed by atoms with Crippen LogP contribution in [0.3, 0.4) is 0 Å². The summed E-state index contributed by atoms with van der Waals surface area (Å²) in [6.07, 6.45) is 4.85. The number of urea groups is 1. The lowest BCUT2D eigenvalue weighted by Crippen LogP contribution is -2.45. The summed E-state index contributed by atoms with van der Waals surface area (Å²) in [7, 11) is 0. The summed E-state index contributed by atoms with van der Waals surface area (Å²) in [4.78, 5) is 24.3. The minimum Gasteiger partial charge on any atom is -0.481 e. The van der Waals surface area contributed by atoms with Gasteiger partial charge in [0.25, 0.3) is 0 Å². The van der Waals surface area contributed by atoms with Crippen LogP contribution in [0.1, 0.15) is 32.6 Å². The minimum atomic E-state index is -0.742. The van der Waals surface area contributed by atoms with Gasteiger partial charge in [-0.1, -0.05) is 6.92 Å². The molecule has 1 fully saturated rings. The average Bonchev–Trinajstić information content (AvgIpc) is 2.38. The van der Waals surface area contributed by atoms with Crippen LogP contribution >= 0.6 is 11.8 Å². The quantitative estimate of drug-likeness (QED) is 0.784. The highest BCUT2D eigenvalue weighted by Gasteiger charge is 2.23. The van der Waals surface area contributed by atoms with E-state index in [2.05, 4.69) is 18.5 Å². The first-order valence-corrected chi connectivity index (χ1v) is 8.09. The smallest absolute Gasteiger partial charge is 0.317 e. The van der Waals surface area contributed by atoms with Gasteiger partial charge in [0.15, 0.2) is 0 Å². The number of hydrogen-bond acceptors (Lipinski definition) is 3. The Morgan fingerprint density at radius 1 is 1.42 bits per heavy atom. The maximum Gasteiger partial charge on any atom is 0.317 e. The summed E-state index contributed by atoms with van der Waals surface area (Å²) >= 11 is 1.80. The van der Waals surface area contributed by atoms with Gasteiger partial charge in [-0.15, -0.1) is 0 Å². The molecule has 6 heteroatoms. The molecular weight excluding hydrogens is 264 g/mol. The largest absolute Gasteiger partial charge is 0.481 e. The van der Waals surface area contributed by atoms with Gasteiger partial charge in [-0.05, 0) is 31.4 Å². The molecule has 1 atom stereocenters. The van der Waals surface area contributed by atoms with Crippen molar-refractivity contribution in [2.24, 2.45) is 5.92 Å². The van der Waals surface area contributed by atoms with E-state index in [0.717, 1.165) is 19.3 Å². The van der Waals surface area contributed by atoms with Crippen molar-refractivity contribution in [3.8, 4) is 0 Å². The number of likely N-dealkylation sites (tertiary alicyclic amines) is 1. The first-order chi connectivity index (χ1) is 9.02. The number of carboxylic acids is 1. The SMILES string of the molecule is CSC(C)CCNC(=O)N1CCC(CC(=O)O)CC1. The van der Waals surface area contributed by atoms with Crippen molar-refractivity contribution in [1.82, 2.24) is 10.2 Å². The van der Waals surface area contributed by atoms with Crippen molar-refractivity contribution in [2.75, 3.05) is 25.9 Å². The van der Waals surface area contributed by atoms with Crippen LogP contribution in [0.2, 0.25) is 0 Å². The Morgan fingerprint density at radius 3 is 2.58 bits per heavy atom. The number of amides is 2. The summed E-state index contributed by atoms with van der Waals surface area (Å²) in [5.41, 5.74) is 0. The Balaban J connectivity index is 2.19. The maximum atomic E-state index is 11.9. The second-order valence-electron chi connectivity index (χ2n) is 5.10. The number of carbonyl (C=O) groups excluding carboxylic acids is 1. The molecule has 2 N–H and O–H groups in total. The van der Waals surface area contributed by atoms with E-state index in [1.807, 2.05) is 0 Å². The summed E-state index contributed by atoms with van der Waals surface area (Å²) in [6, 6.07) is -0.0120. The molecule has 0 aromatic heterocycles. The molecule has 0 aromatic carbocycles. The van der Waals surface area contributed by atoms with Crippen LogP contribution in [0.25, 0.3) is 0 Å². The normalized spacial score (nSPS) is 18.1. The Bertz CT molecular complexity index is 304. The third-order valence-electron chi connectivity index (χ3n) is 3.59. The van der Waals surface area contributed by atoms with Gasteiger partial charge in [-0.3, -0.25) is 4.79 Å². The van der Waals surface area contributed by atoms with E-state index in [1.54, 1.807) is 16.7 Å². The molecule has 0 radical (unpaired) electrons. The second kappa shape index (κ2) is 8.30. The van der Waals surface area contributed by atoms with Crippen LogP contribution in [0.15, 0.2) is 0 Å². The van der Waals surface area contributed by atoms with Gasteiger partial charge in [0.05, 0.1) is 0 Å². The Hall–Kier alpha value is -0.910. The van der Waals surface area contributed by atoms with Crippen molar-refractivity contribution in [2.45, 2.75) is 37.9 Å². The van der Waals surface area contributed by atoms with Crippen LogP contribution in [0.4, 0.5) is 4.79 Å². The fourth-order valence-corrected chi connectivity index (χ4v) is 2.55. The molecule has 1 aliphatic heterocycles. The highest BCUT2D eigenvalue weighted by atomic mass is 32.2. The Morgan fingerprint density at radius 2 is 2.05 bits per heavy atom. The highest BCUT2D eigenvalue weighted by Crippen LogP contribution is 2.20. The number of rotatable bonds is 6. The van der Waals surface area contributed by atoms with Crippen LogP contribution in [0.5, 0.6) is 0 Å². The first-order valence-electron chi connectivity index (χ1n) is 6.80. The van der Waals surface area contributed by atoms with Gasteiger partial charge in [0.2, 0.25) is 0 Å². The van der Waals surface area contributed by atoms with Crippen molar-refractivity contribution >= 4 is 23.8 Å². The molecule has 0 aromatic rings. The molecule has 19 heavy (non-hydrogen) atoms. The monoisotopic (exact) mass is 288 g/mol. The van der Waals surface area contributed by atoms with Crippen molar-refractivity contribution in [3.63, 3.8) is 0 Å². The molecule has 110 valence electrons. The van der Waals surface area contributed by atoms with Crippen LogP contribution in [-0.4, -0.2) is 53.1 Å². The standard InChI is InChI=1S/C13H24N2O3S/c1-10(19-2)3-6-14-13(18)15-7-4-11(5-8-15)9-12(16)17/h10-11H,3-9H2,1-2H3,(H,14,18)(H,16,17). The van der Waals surface area contributed by atoms with Gasteiger partial charge in [-0.2, -0.15) is 11.8 Å². The van der Waals surface area contributed by atoms with Crippen LogP contribution in [0, 0.1) is 5.92 Å². The number of carboxylic acid groups (broad SMARTS) is 1. The topological polar surface area (TPSA) is 69.6 Å². The fraction of sp³-hybridized carbons (Fsp3) is 0.846. The molecule has 1 aliphatic rings. The summed E-state index contributed by atoms with van der Waals surface area (Å²) in [5.74, 6) is -0.521. The number of nitrogens with one attached hydrogen (secondary N) is 1. The number of carbonyl (C=O) groups is 2. The zero-order valence-corrected chi connectivity index (χ0v) is 12.5. The van der Waals surface area contributed by atoms with Crippen molar-refractivity contribution in [1.29, 1.82) is 0 Å². The summed E-state index contributed by atoms with van der Waals surface area (Å²) in [6.45, 7) is 4.19. The summed E-state index contributed by atoms with van der Waals surface area (Å²) < 4.78 is 0. The van der Waals surface area contributed by atoms with Gasteiger partial charge < -0.3 is 15.3 Å². The molecule has 0 spiro atoms. The minimum absolute atomic E-state index is 0.0120. The van der Waals surface area contributed by atoms with Gasteiger partial charge in [-0.25, -0.2) is 4.79 Å². The van der Waals surface area contributed by atoms with Gasteiger partial charge in [0, 0.05) is 31.3 Å². The predicted octanol–water partition coefficient (Wildman–Crippen LogP) is 2.02. The van der Waals surface area contributed by atoms with Crippen molar-refractivity contribution in [3.05, 3.63) is 0 Å². The number of thioether (sulfide) groups is 1. The van der Waals surface area contributed by atoms with Crippen molar-refractivity contribution < 1.29 is 14.7 Å². The number of hydrogen-bond donors (Lipinski definition) is 2. The molecule has 5 nitrogen and oxygen atoms in total. The molecular formula is C13H24N2O3S. The molecule has 1 rings (SSSR count). The third-order valence-corrected chi connectivity index (χ3v) is 4.63. The molecule has 1 unspecified atom stereocenters. The molecule has 1 heterocycles. The fourth-order valence-electron chi connectivity index (χ4n) is 2.20. The Labute approximate surface area is 119 Å². The second-order valence-corrected chi connectivity index (χ2v) is 6.37. The maximum absolute atomic E-state index is 11.9. The number of aliphatic carboxylic acids is 1. The van der Waals surface area contributed by atoms with E-state index in [9.17, 15) is 9.59 Å². The van der Waals surface area contributed by atoms with E-state index >= 15 is 0 Å². The average molecular weight is 288 g/mol. The van der Waals surface area contributed by atoms with Crippen LogP contribution < -0.4 is 5.32 Å². The van der Waals surface area contributed by atoms with Gasteiger partial charge >= 0.3 is 12.0 Å². The zero-order valence-electron chi connectivity index (χ0n) is 11.7. The van der Waals surface area contributed by atoms with E-state index in [1.165, 1.54) is 0 Å². The highest BCUT2D eigenvalue weighted by molar-refractivity contribution is 7.99. The first kappa shape index (κ1) is 16.1. The molecule has 1 saturated heterocycles. The third kappa shape index (κ3) is 6.18. The number of nitrogens with zero attached hydrogens (tertiary/aromatic N) is 1.